The third kappa shape index (κ3) is 4.93. The lowest BCUT2D eigenvalue weighted by atomic mass is 9.86. The number of carbonyl (C=O) groups is 1. The minimum Gasteiger partial charge on any atom is -0.462 e. The van der Waals surface area contributed by atoms with Gasteiger partial charge in [-0.25, -0.2) is 4.79 Å². The molecule has 0 aromatic heterocycles. The van der Waals surface area contributed by atoms with Crippen LogP contribution in [-0.4, -0.2) is 12.6 Å². The van der Waals surface area contributed by atoms with Crippen LogP contribution < -0.4 is 0 Å². The van der Waals surface area contributed by atoms with Crippen LogP contribution in [-0.2, 0) is 9.53 Å². The van der Waals surface area contributed by atoms with Crippen molar-refractivity contribution < 1.29 is 9.53 Å². The number of esters is 1. The quantitative estimate of drug-likeness (QED) is 0.655. The van der Waals surface area contributed by atoms with E-state index in [1.165, 1.54) is 19.3 Å². The van der Waals surface area contributed by atoms with Crippen molar-refractivity contribution in [3.05, 3.63) is 11.6 Å². The Bertz CT molecular complexity index is 281. The first-order chi connectivity index (χ1) is 8.02. The molecule has 0 fully saturated rings. The van der Waals surface area contributed by atoms with Gasteiger partial charge in [-0.2, -0.15) is 0 Å². The lowest BCUT2D eigenvalue weighted by Crippen LogP contribution is -2.22. The Morgan fingerprint density at radius 1 is 1.41 bits per heavy atom. The lowest BCUT2D eigenvalue weighted by Gasteiger charge is -2.24. The van der Waals surface area contributed by atoms with Crippen LogP contribution in [0.1, 0.15) is 53.4 Å². The maximum Gasteiger partial charge on any atom is 0.333 e. The number of cyclic esters (lactones) is 1. The van der Waals surface area contributed by atoms with Crippen LogP contribution in [0.15, 0.2) is 11.6 Å². The van der Waals surface area contributed by atoms with Crippen molar-refractivity contribution >= 4 is 5.97 Å². The summed E-state index contributed by atoms with van der Waals surface area (Å²) in [6, 6.07) is 0. The van der Waals surface area contributed by atoms with Gasteiger partial charge in [-0.15, -0.1) is 0 Å². The number of hydrogen-bond donors (Lipinski definition) is 0. The van der Waals surface area contributed by atoms with E-state index < -0.39 is 0 Å². The van der Waals surface area contributed by atoms with Gasteiger partial charge in [0.05, 0.1) is 6.61 Å². The molecule has 1 heterocycles. The van der Waals surface area contributed by atoms with Gasteiger partial charge >= 0.3 is 5.97 Å². The fourth-order valence-corrected chi connectivity index (χ4v) is 2.81. The second-order valence-electron chi connectivity index (χ2n) is 5.68. The standard InChI is InChI=1S/C15H26O2/c1-5-6-11(2)7-12(3)8-14-9-13(4)15(16)17-10-14/h9,11-12,14H,5-8,10H2,1-4H3/t11-,12-,14?/m0/s1. The fourth-order valence-electron chi connectivity index (χ4n) is 2.81. The van der Waals surface area contributed by atoms with Crippen LogP contribution in [0.3, 0.4) is 0 Å². The van der Waals surface area contributed by atoms with Gasteiger partial charge in [-0.1, -0.05) is 39.7 Å². The molecular formula is C15H26O2. The monoisotopic (exact) mass is 238 g/mol. The van der Waals surface area contributed by atoms with Gasteiger partial charge in [0.2, 0.25) is 0 Å². The van der Waals surface area contributed by atoms with Gasteiger partial charge in [0, 0.05) is 11.5 Å². The summed E-state index contributed by atoms with van der Waals surface area (Å²) in [6.45, 7) is 9.31. The molecule has 17 heavy (non-hydrogen) atoms. The van der Waals surface area contributed by atoms with Crippen molar-refractivity contribution in [2.75, 3.05) is 6.61 Å². The van der Waals surface area contributed by atoms with E-state index in [9.17, 15) is 4.79 Å². The molecule has 0 aromatic rings. The fraction of sp³-hybridized carbons (Fsp3) is 0.800. The molecule has 0 aliphatic carbocycles. The molecular weight excluding hydrogens is 212 g/mol. The highest BCUT2D eigenvalue weighted by Gasteiger charge is 2.21. The third-order valence-electron chi connectivity index (χ3n) is 3.53. The van der Waals surface area contributed by atoms with Gasteiger partial charge in [-0.3, -0.25) is 0 Å². The molecule has 1 rings (SSSR count). The second kappa shape index (κ2) is 6.83. The molecule has 3 atom stereocenters. The first-order valence-corrected chi connectivity index (χ1v) is 6.88. The van der Waals surface area contributed by atoms with E-state index in [-0.39, 0.29) is 5.97 Å². The van der Waals surface area contributed by atoms with Crippen molar-refractivity contribution in [1.82, 2.24) is 0 Å². The van der Waals surface area contributed by atoms with E-state index in [1.807, 2.05) is 6.92 Å². The van der Waals surface area contributed by atoms with E-state index >= 15 is 0 Å². The SMILES string of the molecule is CCC[C@H](C)C[C@H](C)CC1C=C(C)C(=O)OC1. The van der Waals surface area contributed by atoms with E-state index in [1.54, 1.807) is 0 Å². The van der Waals surface area contributed by atoms with E-state index in [2.05, 4.69) is 26.8 Å². The first-order valence-electron chi connectivity index (χ1n) is 6.88. The Labute approximate surface area is 105 Å². The molecule has 2 heteroatoms. The van der Waals surface area contributed by atoms with Crippen molar-refractivity contribution in [3.63, 3.8) is 0 Å². The van der Waals surface area contributed by atoms with Crippen LogP contribution in [0.25, 0.3) is 0 Å². The molecule has 2 nitrogen and oxygen atoms in total. The summed E-state index contributed by atoms with van der Waals surface area (Å²) in [6.07, 6.45) is 7.10. The van der Waals surface area contributed by atoms with Crippen LogP contribution >= 0.6 is 0 Å². The Morgan fingerprint density at radius 2 is 2.12 bits per heavy atom. The molecule has 1 aliphatic heterocycles. The Morgan fingerprint density at radius 3 is 2.71 bits per heavy atom. The van der Waals surface area contributed by atoms with Crippen LogP contribution in [0.4, 0.5) is 0 Å². The summed E-state index contributed by atoms with van der Waals surface area (Å²) in [5.41, 5.74) is 0.773. The van der Waals surface area contributed by atoms with Gasteiger partial charge in [0.15, 0.2) is 0 Å². The first kappa shape index (κ1) is 14.3. The summed E-state index contributed by atoms with van der Waals surface area (Å²) in [5, 5.41) is 0. The van der Waals surface area contributed by atoms with Crippen molar-refractivity contribution in [1.29, 1.82) is 0 Å². The zero-order valence-electron chi connectivity index (χ0n) is 11.7. The van der Waals surface area contributed by atoms with Crippen LogP contribution in [0.2, 0.25) is 0 Å². The second-order valence-corrected chi connectivity index (χ2v) is 5.68. The number of carbonyl (C=O) groups excluding carboxylic acids is 1. The molecule has 0 saturated carbocycles. The minimum atomic E-state index is -0.145. The molecule has 0 amide bonds. The van der Waals surface area contributed by atoms with Crippen LogP contribution in [0, 0.1) is 17.8 Å². The number of rotatable bonds is 6. The summed E-state index contributed by atoms with van der Waals surface area (Å²) >= 11 is 0. The molecule has 0 radical (unpaired) electrons. The third-order valence-corrected chi connectivity index (χ3v) is 3.53. The number of hydrogen-bond acceptors (Lipinski definition) is 2. The van der Waals surface area contributed by atoms with Crippen molar-refractivity contribution in [2.24, 2.45) is 17.8 Å². The van der Waals surface area contributed by atoms with Gasteiger partial charge in [-0.05, 0) is 31.6 Å². The van der Waals surface area contributed by atoms with Crippen LogP contribution in [0.5, 0.6) is 0 Å². The molecule has 98 valence electrons. The highest BCUT2D eigenvalue weighted by molar-refractivity contribution is 5.88. The molecule has 1 aliphatic rings. The Hall–Kier alpha value is -0.790. The zero-order chi connectivity index (χ0) is 12.8. The molecule has 0 aromatic carbocycles. The summed E-state index contributed by atoms with van der Waals surface area (Å²) in [7, 11) is 0. The summed E-state index contributed by atoms with van der Waals surface area (Å²) in [4.78, 5) is 11.2. The molecule has 0 spiro atoms. The molecule has 0 saturated heterocycles. The predicted molar refractivity (Wildman–Crippen MR) is 70.7 cm³/mol. The van der Waals surface area contributed by atoms with Gasteiger partial charge < -0.3 is 4.74 Å². The average molecular weight is 238 g/mol. The molecule has 0 bridgehead atoms. The minimum absolute atomic E-state index is 0.145. The largest absolute Gasteiger partial charge is 0.462 e. The smallest absolute Gasteiger partial charge is 0.333 e. The van der Waals surface area contributed by atoms with E-state index in [0.29, 0.717) is 18.4 Å². The van der Waals surface area contributed by atoms with E-state index in [0.717, 1.165) is 17.9 Å². The zero-order valence-corrected chi connectivity index (χ0v) is 11.7. The molecule has 0 N–H and O–H groups in total. The van der Waals surface area contributed by atoms with E-state index in [4.69, 9.17) is 4.74 Å². The normalized spacial score (nSPS) is 23.9. The van der Waals surface area contributed by atoms with Crippen molar-refractivity contribution in [2.45, 2.75) is 53.4 Å². The Kier molecular flexibility index (Phi) is 5.73. The van der Waals surface area contributed by atoms with Gasteiger partial charge in [0.25, 0.3) is 0 Å². The van der Waals surface area contributed by atoms with Gasteiger partial charge in [0.1, 0.15) is 0 Å². The highest BCUT2D eigenvalue weighted by Crippen LogP contribution is 2.25. The maximum absolute atomic E-state index is 11.2. The highest BCUT2D eigenvalue weighted by atomic mass is 16.5. The maximum atomic E-state index is 11.2. The summed E-state index contributed by atoms with van der Waals surface area (Å²) in [5.74, 6) is 1.80. The lowest BCUT2D eigenvalue weighted by molar-refractivity contribution is -0.141. The summed E-state index contributed by atoms with van der Waals surface area (Å²) < 4.78 is 5.15. The topological polar surface area (TPSA) is 26.3 Å². The Balaban J connectivity index is 2.36. The number of ether oxygens (including phenoxy) is 1. The average Bonchev–Trinajstić information content (AvgIpc) is 2.23. The predicted octanol–water partition coefficient (Wildman–Crippen LogP) is 3.96. The van der Waals surface area contributed by atoms with Crippen molar-refractivity contribution in [3.8, 4) is 0 Å². The molecule has 1 unspecified atom stereocenters.